The SMILES string of the molecule is CCNC(=NCc1ccnn1C)NCCc1c[nH]c2c(CC)cccc12. The summed E-state index contributed by atoms with van der Waals surface area (Å²) in [4.78, 5) is 8.09. The molecule has 3 rings (SSSR count). The number of nitrogens with one attached hydrogen (secondary N) is 3. The highest BCUT2D eigenvalue weighted by atomic mass is 15.3. The van der Waals surface area contributed by atoms with Gasteiger partial charge in [-0.2, -0.15) is 5.10 Å². The maximum atomic E-state index is 4.65. The first-order chi connectivity index (χ1) is 12.7. The first-order valence-electron chi connectivity index (χ1n) is 9.29. The summed E-state index contributed by atoms with van der Waals surface area (Å²) >= 11 is 0. The zero-order valence-corrected chi connectivity index (χ0v) is 15.8. The number of aromatic amines is 1. The van der Waals surface area contributed by atoms with Crippen molar-refractivity contribution in [2.75, 3.05) is 13.1 Å². The number of aryl methyl sites for hydroxylation is 2. The summed E-state index contributed by atoms with van der Waals surface area (Å²) in [5.74, 6) is 0.836. The van der Waals surface area contributed by atoms with Crippen molar-refractivity contribution in [3.8, 4) is 0 Å². The first kappa shape index (κ1) is 18.0. The molecule has 3 aromatic rings. The lowest BCUT2D eigenvalue weighted by Crippen LogP contribution is -2.38. The molecule has 2 heterocycles. The Morgan fingerprint density at radius 3 is 2.81 bits per heavy atom. The van der Waals surface area contributed by atoms with Gasteiger partial charge < -0.3 is 15.6 Å². The second-order valence-corrected chi connectivity index (χ2v) is 6.33. The number of H-pyrrole nitrogens is 1. The molecule has 0 unspecified atom stereocenters. The number of aromatic nitrogens is 3. The molecule has 3 N–H and O–H groups in total. The van der Waals surface area contributed by atoms with Crippen LogP contribution in [-0.2, 0) is 26.4 Å². The molecule has 138 valence electrons. The highest BCUT2D eigenvalue weighted by molar-refractivity contribution is 5.86. The van der Waals surface area contributed by atoms with Gasteiger partial charge in [-0.25, -0.2) is 4.99 Å². The van der Waals surface area contributed by atoms with E-state index in [1.165, 1.54) is 22.0 Å². The van der Waals surface area contributed by atoms with E-state index < -0.39 is 0 Å². The van der Waals surface area contributed by atoms with Crippen LogP contribution in [-0.4, -0.2) is 33.8 Å². The summed E-state index contributed by atoms with van der Waals surface area (Å²) in [6, 6.07) is 8.52. The minimum Gasteiger partial charge on any atom is -0.361 e. The van der Waals surface area contributed by atoms with Gasteiger partial charge in [0, 0.05) is 43.4 Å². The van der Waals surface area contributed by atoms with E-state index in [0.717, 1.165) is 37.6 Å². The number of hydrogen-bond donors (Lipinski definition) is 3. The van der Waals surface area contributed by atoms with Gasteiger partial charge >= 0.3 is 0 Å². The van der Waals surface area contributed by atoms with Gasteiger partial charge in [-0.05, 0) is 37.0 Å². The summed E-state index contributed by atoms with van der Waals surface area (Å²) in [6.45, 7) is 6.55. The number of benzene rings is 1. The zero-order valence-electron chi connectivity index (χ0n) is 15.8. The van der Waals surface area contributed by atoms with Gasteiger partial charge in [0.25, 0.3) is 0 Å². The molecular weight excluding hydrogens is 324 g/mol. The van der Waals surface area contributed by atoms with Crippen LogP contribution in [0.15, 0.2) is 41.7 Å². The van der Waals surface area contributed by atoms with Crippen molar-refractivity contribution < 1.29 is 0 Å². The van der Waals surface area contributed by atoms with Crippen LogP contribution in [0.2, 0.25) is 0 Å². The highest BCUT2D eigenvalue weighted by Gasteiger charge is 2.07. The van der Waals surface area contributed by atoms with Gasteiger partial charge in [-0.3, -0.25) is 4.68 Å². The summed E-state index contributed by atoms with van der Waals surface area (Å²) in [5, 5.41) is 12.2. The Labute approximate surface area is 154 Å². The lowest BCUT2D eigenvalue weighted by atomic mass is 10.1. The minimum atomic E-state index is 0.610. The molecule has 0 radical (unpaired) electrons. The molecule has 0 saturated carbocycles. The van der Waals surface area contributed by atoms with Crippen LogP contribution in [0.4, 0.5) is 0 Å². The predicted molar refractivity (Wildman–Crippen MR) is 107 cm³/mol. The molecular formula is C20H28N6. The van der Waals surface area contributed by atoms with Crippen LogP contribution >= 0.6 is 0 Å². The van der Waals surface area contributed by atoms with E-state index in [1.54, 1.807) is 6.20 Å². The maximum Gasteiger partial charge on any atom is 0.191 e. The molecule has 0 aliphatic heterocycles. The van der Waals surface area contributed by atoms with Crippen LogP contribution in [0, 0.1) is 0 Å². The number of fused-ring (bicyclic) bond motifs is 1. The number of para-hydroxylation sites is 1. The summed E-state index contributed by atoms with van der Waals surface area (Å²) in [6.07, 6.45) is 5.92. The molecule has 0 aliphatic rings. The van der Waals surface area contributed by atoms with Crippen LogP contribution in [0.5, 0.6) is 0 Å². The van der Waals surface area contributed by atoms with Crippen LogP contribution < -0.4 is 10.6 Å². The number of aliphatic imine (C=N–C) groups is 1. The Morgan fingerprint density at radius 1 is 1.19 bits per heavy atom. The van der Waals surface area contributed by atoms with Gasteiger partial charge in [-0.1, -0.05) is 25.1 Å². The van der Waals surface area contributed by atoms with E-state index in [1.807, 2.05) is 17.8 Å². The second kappa shape index (κ2) is 8.56. The Hall–Kier alpha value is -2.76. The third kappa shape index (κ3) is 4.07. The Balaban J connectivity index is 1.62. The number of rotatable bonds is 7. The van der Waals surface area contributed by atoms with Crippen molar-refractivity contribution in [3.63, 3.8) is 0 Å². The van der Waals surface area contributed by atoms with E-state index in [2.05, 4.69) is 64.0 Å². The summed E-state index contributed by atoms with van der Waals surface area (Å²) in [5.41, 5.74) is 5.06. The Bertz CT molecular complexity index is 873. The van der Waals surface area contributed by atoms with Gasteiger partial charge in [0.05, 0.1) is 12.2 Å². The minimum absolute atomic E-state index is 0.610. The average Bonchev–Trinajstić information content (AvgIpc) is 3.25. The third-order valence-electron chi connectivity index (χ3n) is 4.62. The Morgan fingerprint density at radius 2 is 2.08 bits per heavy atom. The van der Waals surface area contributed by atoms with Crippen LogP contribution in [0.3, 0.4) is 0 Å². The normalized spacial score (nSPS) is 11.9. The molecule has 6 heteroatoms. The number of guanidine groups is 1. The van der Waals surface area contributed by atoms with Gasteiger partial charge in [0.15, 0.2) is 5.96 Å². The standard InChI is InChI=1S/C20H28N6/c1-4-15-7-6-8-18-16(13-23-19(15)18)9-11-22-20(21-5-2)24-14-17-10-12-25-26(17)3/h6-8,10,12-13,23H,4-5,9,11,14H2,1-3H3,(H2,21,22,24). The number of nitrogens with zero attached hydrogens (tertiary/aromatic N) is 3. The molecule has 0 spiro atoms. The molecule has 2 aromatic heterocycles. The maximum absolute atomic E-state index is 4.65. The molecule has 1 aromatic carbocycles. The largest absolute Gasteiger partial charge is 0.361 e. The van der Waals surface area contributed by atoms with Gasteiger partial charge in [0.2, 0.25) is 0 Å². The van der Waals surface area contributed by atoms with Crippen molar-refractivity contribution in [1.82, 2.24) is 25.4 Å². The van der Waals surface area contributed by atoms with Gasteiger partial charge in [0.1, 0.15) is 0 Å². The number of hydrogen-bond acceptors (Lipinski definition) is 2. The van der Waals surface area contributed by atoms with Crippen molar-refractivity contribution in [2.45, 2.75) is 33.2 Å². The first-order valence-corrected chi connectivity index (χ1v) is 9.29. The van der Waals surface area contributed by atoms with Crippen LogP contribution in [0.1, 0.15) is 30.7 Å². The van der Waals surface area contributed by atoms with Crippen molar-refractivity contribution in [1.29, 1.82) is 0 Å². The fraction of sp³-hybridized carbons (Fsp3) is 0.400. The fourth-order valence-corrected chi connectivity index (χ4v) is 3.15. The average molecular weight is 352 g/mol. The highest BCUT2D eigenvalue weighted by Crippen LogP contribution is 2.22. The van der Waals surface area contributed by atoms with Gasteiger partial charge in [-0.15, -0.1) is 0 Å². The van der Waals surface area contributed by atoms with Crippen LogP contribution in [0.25, 0.3) is 10.9 Å². The van der Waals surface area contributed by atoms with Crippen molar-refractivity contribution in [2.24, 2.45) is 12.0 Å². The molecule has 0 amide bonds. The third-order valence-corrected chi connectivity index (χ3v) is 4.62. The predicted octanol–water partition coefficient (Wildman–Crippen LogP) is 2.76. The van der Waals surface area contributed by atoms with E-state index in [0.29, 0.717) is 6.54 Å². The van der Waals surface area contributed by atoms with E-state index >= 15 is 0 Å². The summed E-state index contributed by atoms with van der Waals surface area (Å²) in [7, 11) is 1.94. The molecule has 0 aliphatic carbocycles. The molecule has 6 nitrogen and oxygen atoms in total. The lowest BCUT2D eigenvalue weighted by Gasteiger charge is -2.11. The topological polar surface area (TPSA) is 70.0 Å². The van der Waals surface area contributed by atoms with E-state index in [4.69, 9.17) is 0 Å². The summed E-state index contributed by atoms with van der Waals surface area (Å²) < 4.78 is 1.85. The molecule has 26 heavy (non-hydrogen) atoms. The van der Waals surface area contributed by atoms with Crippen molar-refractivity contribution in [3.05, 3.63) is 53.5 Å². The van der Waals surface area contributed by atoms with Crippen molar-refractivity contribution >= 4 is 16.9 Å². The fourth-order valence-electron chi connectivity index (χ4n) is 3.15. The Kier molecular flexibility index (Phi) is 5.94. The molecule has 0 fully saturated rings. The smallest absolute Gasteiger partial charge is 0.191 e. The second-order valence-electron chi connectivity index (χ2n) is 6.33. The monoisotopic (exact) mass is 352 g/mol. The molecule has 0 atom stereocenters. The van der Waals surface area contributed by atoms with E-state index in [-0.39, 0.29) is 0 Å². The molecule has 0 saturated heterocycles. The lowest BCUT2D eigenvalue weighted by molar-refractivity contribution is 0.707. The van der Waals surface area contributed by atoms with E-state index in [9.17, 15) is 0 Å². The molecule has 0 bridgehead atoms. The quantitative estimate of drug-likeness (QED) is 0.452. The zero-order chi connectivity index (χ0) is 18.4.